The fraction of sp³-hybridized carbons (Fsp3) is 0.727. The predicted molar refractivity (Wildman–Crippen MR) is 55.8 cm³/mol. The second kappa shape index (κ2) is 3.52. The molecule has 0 saturated heterocycles. The summed E-state index contributed by atoms with van der Waals surface area (Å²) in [5.41, 5.74) is 2.78. The lowest BCUT2D eigenvalue weighted by atomic mass is 9.92. The highest BCUT2D eigenvalue weighted by Gasteiger charge is 2.11. The Bertz CT molecular complexity index is 279. The molecule has 0 amide bonds. The van der Waals surface area contributed by atoms with Crippen LogP contribution in [0.15, 0.2) is 6.07 Å². The SMILES string of the molecule is Cc1cc(C)n(CCC(C)(C)C)n1. The van der Waals surface area contributed by atoms with E-state index < -0.39 is 0 Å². The molecule has 1 aromatic heterocycles. The molecule has 0 N–H and O–H groups in total. The van der Waals surface area contributed by atoms with Crippen molar-refractivity contribution in [3.05, 3.63) is 17.5 Å². The van der Waals surface area contributed by atoms with Crippen molar-refractivity contribution in [2.45, 2.75) is 47.6 Å². The van der Waals surface area contributed by atoms with Crippen molar-refractivity contribution in [3.8, 4) is 0 Å². The lowest BCUT2D eigenvalue weighted by Gasteiger charge is -2.18. The van der Waals surface area contributed by atoms with Crippen LogP contribution < -0.4 is 0 Å². The summed E-state index contributed by atoms with van der Waals surface area (Å²) in [6.07, 6.45) is 1.18. The highest BCUT2D eigenvalue weighted by molar-refractivity contribution is 5.06. The lowest BCUT2D eigenvalue weighted by molar-refractivity contribution is 0.338. The van der Waals surface area contributed by atoms with Crippen LogP contribution in [0.1, 0.15) is 38.6 Å². The molecule has 0 fully saturated rings. The summed E-state index contributed by atoms with van der Waals surface area (Å²) < 4.78 is 2.10. The minimum absolute atomic E-state index is 0.395. The van der Waals surface area contributed by atoms with Crippen LogP contribution in [0.5, 0.6) is 0 Å². The first-order chi connectivity index (χ1) is 5.88. The van der Waals surface area contributed by atoms with E-state index in [1.54, 1.807) is 0 Å². The Balaban J connectivity index is 2.59. The van der Waals surface area contributed by atoms with Gasteiger partial charge >= 0.3 is 0 Å². The third-order valence-corrected chi connectivity index (χ3v) is 2.18. The summed E-state index contributed by atoms with van der Waals surface area (Å²) in [4.78, 5) is 0. The van der Waals surface area contributed by atoms with Gasteiger partial charge in [-0.1, -0.05) is 20.8 Å². The van der Waals surface area contributed by atoms with E-state index in [9.17, 15) is 0 Å². The Hall–Kier alpha value is -0.790. The molecule has 0 aliphatic rings. The first-order valence-electron chi connectivity index (χ1n) is 4.89. The van der Waals surface area contributed by atoms with Gasteiger partial charge in [-0.05, 0) is 31.7 Å². The van der Waals surface area contributed by atoms with Gasteiger partial charge in [-0.25, -0.2) is 0 Å². The van der Waals surface area contributed by atoms with E-state index in [-0.39, 0.29) is 0 Å². The van der Waals surface area contributed by atoms with Gasteiger partial charge in [-0.15, -0.1) is 0 Å². The van der Waals surface area contributed by atoms with E-state index in [1.165, 1.54) is 12.1 Å². The number of rotatable bonds is 2. The second-order valence-corrected chi connectivity index (χ2v) is 4.96. The van der Waals surface area contributed by atoms with Crippen LogP contribution in [0.3, 0.4) is 0 Å². The van der Waals surface area contributed by atoms with Crippen LogP contribution in [0, 0.1) is 19.3 Å². The fourth-order valence-corrected chi connectivity index (χ4v) is 1.34. The van der Waals surface area contributed by atoms with Gasteiger partial charge in [0, 0.05) is 12.2 Å². The fourth-order valence-electron chi connectivity index (χ4n) is 1.34. The summed E-state index contributed by atoms with van der Waals surface area (Å²) in [5, 5.41) is 4.43. The van der Waals surface area contributed by atoms with Gasteiger partial charge < -0.3 is 0 Å². The molecule has 74 valence electrons. The largest absolute Gasteiger partial charge is 0.270 e. The molecule has 1 rings (SSSR count). The Morgan fingerprint density at radius 1 is 1.31 bits per heavy atom. The van der Waals surface area contributed by atoms with E-state index in [4.69, 9.17) is 0 Å². The van der Waals surface area contributed by atoms with Gasteiger partial charge in [-0.3, -0.25) is 4.68 Å². The zero-order valence-corrected chi connectivity index (χ0v) is 9.39. The van der Waals surface area contributed by atoms with Gasteiger partial charge in [0.1, 0.15) is 0 Å². The average molecular weight is 180 g/mol. The first kappa shape index (κ1) is 10.3. The number of nitrogens with zero attached hydrogens (tertiary/aromatic N) is 2. The third-order valence-electron chi connectivity index (χ3n) is 2.18. The van der Waals surface area contributed by atoms with E-state index in [1.807, 2.05) is 6.92 Å². The topological polar surface area (TPSA) is 17.8 Å². The van der Waals surface area contributed by atoms with Gasteiger partial charge in [0.15, 0.2) is 0 Å². The van der Waals surface area contributed by atoms with E-state index in [0.29, 0.717) is 5.41 Å². The number of aromatic nitrogens is 2. The van der Waals surface area contributed by atoms with Crippen molar-refractivity contribution in [2.75, 3.05) is 0 Å². The van der Waals surface area contributed by atoms with Crippen molar-refractivity contribution in [3.63, 3.8) is 0 Å². The molecule has 0 unspecified atom stereocenters. The Morgan fingerprint density at radius 3 is 2.31 bits per heavy atom. The summed E-state index contributed by atoms with van der Waals surface area (Å²) in [6.45, 7) is 12.0. The highest BCUT2D eigenvalue weighted by atomic mass is 15.3. The molecular weight excluding hydrogens is 160 g/mol. The Labute approximate surface area is 81.0 Å². The van der Waals surface area contributed by atoms with E-state index >= 15 is 0 Å². The van der Waals surface area contributed by atoms with Gasteiger partial charge in [0.2, 0.25) is 0 Å². The maximum atomic E-state index is 4.43. The van der Waals surface area contributed by atoms with Gasteiger partial charge in [0.05, 0.1) is 5.69 Å². The number of aryl methyl sites for hydroxylation is 3. The van der Waals surface area contributed by atoms with Crippen LogP contribution in [0.25, 0.3) is 0 Å². The molecule has 0 spiro atoms. The molecule has 0 radical (unpaired) electrons. The molecular formula is C11H20N2. The molecule has 0 aliphatic carbocycles. The molecule has 2 nitrogen and oxygen atoms in total. The molecule has 2 heteroatoms. The van der Waals surface area contributed by atoms with E-state index in [0.717, 1.165) is 12.2 Å². The summed E-state index contributed by atoms with van der Waals surface area (Å²) in [6, 6.07) is 2.13. The number of hydrogen-bond acceptors (Lipinski definition) is 1. The van der Waals surface area contributed by atoms with Crippen LogP contribution in [0.4, 0.5) is 0 Å². The molecule has 0 bridgehead atoms. The molecule has 0 saturated carbocycles. The first-order valence-corrected chi connectivity index (χ1v) is 4.89. The Kier molecular flexibility index (Phi) is 2.79. The quantitative estimate of drug-likeness (QED) is 0.684. The van der Waals surface area contributed by atoms with Crippen molar-refractivity contribution in [2.24, 2.45) is 5.41 Å². The zero-order chi connectivity index (χ0) is 10.1. The molecule has 0 aliphatic heterocycles. The van der Waals surface area contributed by atoms with Crippen LogP contribution >= 0.6 is 0 Å². The monoisotopic (exact) mass is 180 g/mol. The van der Waals surface area contributed by atoms with Crippen molar-refractivity contribution < 1.29 is 0 Å². The van der Waals surface area contributed by atoms with Crippen LogP contribution in [0.2, 0.25) is 0 Å². The normalized spacial score (nSPS) is 12.1. The van der Waals surface area contributed by atoms with Crippen molar-refractivity contribution in [1.29, 1.82) is 0 Å². The molecule has 1 aromatic rings. The van der Waals surface area contributed by atoms with Crippen molar-refractivity contribution in [1.82, 2.24) is 9.78 Å². The van der Waals surface area contributed by atoms with Gasteiger partial charge in [-0.2, -0.15) is 5.10 Å². The van der Waals surface area contributed by atoms with Crippen LogP contribution in [-0.2, 0) is 6.54 Å². The minimum atomic E-state index is 0.395. The van der Waals surface area contributed by atoms with E-state index in [2.05, 4.69) is 43.5 Å². The standard InChI is InChI=1S/C11H20N2/c1-9-8-10(2)13(12-9)7-6-11(3,4)5/h8H,6-7H2,1-5H3. The number of hydrogen-bond donors (Lipinski definition) is 0. The molecule has 1 heterocycles. The highest BCUT2D eigenvalue weighted by Crippen LogP contribution is 2.19. The van der Waals surface area contributed by atoms with Gasteiger partial charge in [0.25, 0.3) is 0 Å². The molecule has 0 aromatic carbocycles. The van der Waals surface area contributed by atoms with Crippen LogP contribution in [-0.4, -0.2) is 9.78 Å². The summed E-state index contributed by atoms with van der Waals surface area (Å²) >= 11 is 0. The lowest BCUT2D eigenvalue weighted by Crippen LogP contribution is -2.12. The smallest absolute Gasteiger partial charge is 0.0596 e. The third kappa shape index (κ3) is 3.21. The summed E-state index contributed by atoms with van der Waals surface area (Å²) in [7, 11) is 0. The maximum absolute atomic E-state index is 4.43. The predicted octanol–water partition coefficient (Wildman–Crippen LogP) is 2.94. The van der Waals surface area contributed by atoms with Crippen molar-refractivity contribution >= 4 is 0 Å². The summed E-state index contributed by atoms with van der Waals surface area (Å²) in [5.74, 6) is 0. The average Bonchev–Trinajstić information content (AvgIpc) is 2.24. The Morgan fingerprint density at radius 2 is 1.92 bits per heavy atom. The zero-order valence-electron chi connectivity index (χ0n) is 9.39. The molecule has 0 atom stereocenters. The minimum Gasteiger partial charge on any atom is -0.270 e. The molecule has 13 heavy (non-hydrogen) atoms. The maximum Gasteiger partial charge on any atom is 0.0596 e. The second-order valence-electron chi connectivity index (χ2n) is 4.96.